The van der Waals surface area contributed by atoms with Gasteiger partial charge in [0.2, 0.25) is 5.91 Å². The lowest BCUT2D eigenvalue weighted by Gasteiger charge is -2.34. The van der Waals surface area contributed by atoms with Crippen molar-refractivity contribution in [2.24, 2.45) is 7.05 Å². The Labute approximate surface area is 326 Å². The van der Waals surface area contributed by atoms with Crippen molar-refractivity contribution >= 4 is 29.1 Å². The second-order valence-corrected chi connectivity index (χ2v) is 13.9. The van der Waals surface area contributed by atoms with E-state index in [4.69, 9.17) is 21.1 Å². The number of unbranched alkanes of at least 4 members (excludes halogenated alkanes) is 2. The Balaban J connectivity index is 1.03. The van der Waals surface area contributed by atoms with Crippen molar-refractivity contribution in [1.29, 1.82) is 0 Å². The molecule has 1 aromatic heterocycles. The van der Waals surface area contributed by atoms with E-state index in [0.29, 0.717) is 43.7 Å². The molecule has 3 aromatic carbocycles. The molecule has 12 nitrogen and oxygen atoms in total. The van der Waals surface area contributed by atoms with Crippen molar-refractivity contribution in [2.75, 3.05) is 31.7 Å². The van der Waals surface area contributed by atoms with Crippen LogP contribution in [0.15, 0.2) is 54.6 Å². The van der Waals surface area contributed by atoms with Gasteiger partial charge in [0.1, 0.15) is 23.8 Å². The number of nitrogens with one attached hydrogen (secondary N) is 2. The van der Waals surface area contributed by atoms with Crippen molar-refractivity contribution in [1.82, 2.24) is 20.0 Å². The zero-order chi connectivity index (χ0) is 41.2. The van der Waals surface area contributed by atoms with Crippen LogP contribution in [0.25, 0.3) is 22.4 Å². The lowest BCUT2D eigenvalue weighted by Crippen LogP contribution is -2.55. The van der Waals surface area contributed by atoms with Gasteiger partial charge in [0.25, 0.3) is 5.91 Å². The van der Waals surface area contributed by atoms with Gasteiger partial charge in [-0.1, -0.05) is 29.8 Å². The molecule has 1 fully saturated rings. The first-order valence-electron chi connectivity index (χ1n) is 17.9. The van der Waals surface area contributed by atoms with Crippen LogP contribution in [-0.4, -0.2) is 80.4 Å². The number of piperidine rings is 1. The number of fused-ring (bicyclic) bond motifs is 1. The number of carbonyl (C=O) groups is 2. The predicted octanol–water partition coefficient (Wildman–Crippen LogP) is 6.87. The van der Waals surface area contributed by atoms with Crippen LogP contribution in [0, 0.1) is 0 Å². The van der Waals surface area contributed by atoms with Gasteiger partial charge in [-0.2, -0.15) is 31.4 Å². The molecule has 0 radical (unpaired) electrons. The van der Waals surface area contributed by atoms with Gasteiger partial charge in [0.15, 0.2) is 11.9 Å². The number of ether oxygens (including phenoxy) is 2. The summed E-state index contributed by atoms with van der Waals surface area (Å²) in [6.45, 7) is 1.02. The summed E-state index contributed by atoms with van der Waals surface area (Å²) in [6, 6.07) is 10.4. The lowest BCUT2D eigenvalue weighted by molar-refractivity contribution is -0.141. The summed E-state index contributed by atoms with van der Waals surface area (Å²) >= 11 is 5.82. The number of nitrogens with zero attached hydrogens (tertiary/aromatic N) is 3. The minimum atomic E-state index is -4.84. The molecule has 306 valence electrons. The van der Waals surface area contributed by atoms with Crippen LogP contribution in [0.1, 0.15) is 65.5 Å². The number of aromatic hydroxyl groups is 1. The fourth-order valence-electron chi connectivity index (χ4n) is 6.88. The van der Waals surface area contributed by atoms with Gasteiger partial charge in [-0.3, -0.25) is 19.2 Å². The van der Waals surface area contributed by atoms with Gasteiger partial charge in [0.05, 0.1) is 40.6 Å². The van der Waals surface area contributed by atoms with Crippen molar-refractivity contribution in [3.05, 3.63) is 82.0 Å². The largest absolute Gasteiger partial charge is 0.506 e. The number of phenolic OH excluding ortho intramolecular Hbond substituents is 1. The summed E-state index contributed by atoms with van der Waals surface area (Å²) in [7, 11) is 1.24. The molecule has 6 rings (SSSR count). The summed E-state index contributed by atoms with van der Waals surface area (Å²) in [5, 5.41) is 40.4. The van der Waals surface area contributed by atoms with E-state index >= 15 is 0 Å². The molecule has 0 spiro atoms. The highest BCUT2D eigenvalue weighted by atomic mass is 35.5. The zero-order valence-electron chi connectivity index (χ0n) is 30.3. The van der Waals surface area contributed by atoms with Crippen molar-refractivity contribution in [3.63, 3.8) is 0 Å². The first kappa shape index (κ1) is 41.6. The molecule has 1 saturated heterocycles. The Kier molecular flexibility index (Phi) is 12.3. The van der Waals surface area contributed by atoms with Crippen LogP contribution in [0.3, 0.4) is 0 Å². The Morgan fingerprint density at radius 3 is 2.39 bits per heavy atom. The summed E-state index contributed by atoms with van der Waals surface area (Å²) in [5.41, 5.74) is -1.86. The van der Waals surface area contributed by atoms with E-state index in [1.165, 1.54) is 25.2 Å². The summed E-state index contributed by atoms with van der Waals surface area (Å²) in [6.07, 6.45) is -9.81. The number of aromatic nitrogens is 2. The third-order valence-corrected chi connectivity index (χ3v) is 9.98. The average molecular weight is 826 g/mol. The van der Waals surface area contributed by atoms with Crippen molar-refractivity contribution in [3.8, 4) is 33.9 Å². The monoisotopic (exact) mass is 825 g/mol. The highest BCUT2D eigenvalue weighted by Crippen LogP contribution is 2.47. The quantitative estimate of drug-likeness (QED) is 0.0676. The normalized spacial score (nSPS) is 18.5. The number of aliphatic hydroxyl groups excluding tert-OH is 2. The number of amides is 2. The number of hydrogen-bond acceptors (Lipinski definition) is 9. The molecule has 2 aliphatic heterocycles. The minimum Gasteiger partial charge on any atom is -0.506 e. The maximum atomic E-state index is 13.8. The Morgan fingerprint density at radius 2 is 1.68 bits per heavy atom. The number of halogens is 7. The summed E-state index contributed by atoms with van der Waals surface area (Å²) in [5.74, 6) is -1.67. The number of aryl methyl sites for hydroxylation is 1. The molecule has 5 N–H and O–H groups in total. The number of anilines is 1. The molecule has 0 bridgehead atoms. The Bertz CT molecular complexity index is 2130. The van der Waals surface area contributed by atoms with Gasteiger partial charge in [-0.25, -0.2) is 0 Å². The zero-order valence-corrected chi connectivity index (χ0v) is 31.0. The number of alkyl halides is 6. The number of benzene rings is 3. The predicted molar refractivity (Wildman–Crippen MR) is 194 cm³/mol. The third-order valence-electron chi connectivity index (χ3n) is 9.65. The molecule has 57 heavy (non-hydrogen) atoms. The molecule has 19 heteroatoms. The smallest absolute Gasteiger partial charge is 0.435 e. The lowest BCUT2D eigenvalue weighted by atomic mass is 9.97. The van der Waals surface area contributed by atoms with Crippen LogP contribution in [-0.2, 0) is 28.9 Å². The topological polar surface area (TPSA) is 158 Å². The number of rotatable bonds is 14. The molecular weight excluding hydrogens is 788 g/mol. The molecule has 3 heterocycles. The van der Waals surface area contributed by atoms with E-state index < -0.39 is 64.7 Å². The van der Waals surface area contributed by atoms with Gasteiger partial charge in [0, 0.05) is 37.0 Å². The fraction of sp³-hybridized carbons (Fsp3) is 0.395. The number of hydrogen-bond donors (Lipinski definition) is 5. The number of aliphatic hydroxyl groups is 2. The van der Waals surface area contributed by atoms with Gasteiger partial charge in [-0.05, 0) is 74.1 Å². The van der Waals surface area contributed by atoms with E-state index in [1.807, 2.05) is 0 Å². The van der Waals surface area contributed by atoms with Crippen LogP contribution < -0.4 is 15.4 Å². The molecule has 3 atom stereocenters. The van der Waals surface area contributed by atoms with E-state index in [1.54, 1.807) is 18.2 Å². The van der Waals surface area contributed by atoms with E-state index in [0.717, 1.165) is 27.8 Å². The molecule has 0 saturated carbocycles. The number of carbonyl (C=O) groups excluding carboxylic acids is 2. The van der Waals surface area contributed by atoms with Crippen molar-refractivity contribution < 1.29 is 60.7 Å². The maximum absolute atomic E-state index is 13.8. The van der Waals surface area contributed by atoms with E-state index in [2.05, 4.69) is 15.7 Å². The molecule has 4 aromatic rings. The van der Waals surface area contributed by atoms with Crippen LogP contribution >= 0.6 is 11.6 Å². The highest BCUT2D eigenvalue weighted by molar-refractivity contribution is 6.31. The van der Waals surface area contributed by atoms with Gasteiger partial charge in [-0.15, -0.1) is 0 Å². The average Bonchev–Trinajstić information content (AvgIpc) is 3.66. The number of phenols is 1. The van der Waals surface area contributed by atoms with Crippen molar-refractivity contribution in [2.45, 2.75) is 63.0 Å². The summed E-state index contributed by atoms with van der Waals surface area (Å²) in [4.78, 5) is 26.9. The van der Waals surface area contributed by atoms with E-state index in [9.17, 15) is 51.3 Å². The summed E-state index contributed by atoms with van der Waals surface area (Å²) < 4.78 is 94.0. The molecule has 2 aliphatic rings. The standard InChI is InChI=1S/C38H38ClF6N5O7/c1-49-27(19-29(48-49)38(43,44)45)21-9-12-28(31(33(21)52)20-8-10-24(39)23(18-20)37(40,41)42)57-16-4-2-3-15-56-17-14-46-25-7-5-6-22-32(25)36(55)50(35(22)54)26-11-13-30(51)47-34(26)53/h5-10,12,18-19,26,30,35,46,51-52,54H,2-4,11,13-17H2,1H3,(H,47,53). The Morgan fingerprint density at radius 1 is 0.930 bits per heavy atom. The SMILES string of the molecule is Cn1nc(C(F)(F)F)cc1-c1ccc(OCCCCCOCCNc2cccc3c2C(=O)N(C2CCC(O)NC2=O)C3O)c(-c2ccc(Cl)c(C(F)(F)F)c2)c1O. The molecule has 3 unspecified atom stereocenters. The molecule has 2 amide bonds. The Hall–Kier alpha value is -5.04. The van der Waals surface area contributed by atoms with Gasteiger partial charge >= 0.3 is 12.4 Å². The molecular formula is C38H38ClF6N5O7. The fourth-order valence-corrected chi connectivity index (χ4v) is 7.10. The minimum absolute atomic E-state index is 0.00504. The molecule has 0 aliphatic carbocycles. The third kappa shape index (κ3) is 8.93. The highest BCUT2D eigenvalue weighted by Gasteiger charge is 2.45. The first-order chi connectivity index (χ1) is 27.0. The second kappa shape index (κ2) is 16.8. The van der Waals surface area contributed by atoms with Crippen LogP contribution in [0.5, 0.6) is 11.5 Å². The van der Waals surface area contributed by atoms with E-state index in [-0.39, 0.29) is 59.8 Å². The van der Waals surface area contributed by atoms with Crippen LogP contribution in [0.2, 0.25) is 5.02 Å². The van der Waals surface area contributed by atoms with Gasteiger partial charge < -0.3 is 35.4 Å². The first-order valence-corrected chi connectivity index (χ1v) is 18.3. The van der Waals surface area contributed by atoms with Crippen LogP contribution in [0.4, 0.5) is 32.0 Å². The maximum Gasteiger partial charge on any atom is 0.435 e. The second-order valence-electron chi connectivity index (χ2n) is 13.5.